The number of anilines is 2. The van der Waals surface area contributed by atoms with E-state index in [2.05, 4.69) is 17.1 Å². The molecule has 6 rings (SSSR count). The molecule has 4 heterocycles. The van der Waals surface area contributed by atoms with Crippen molar-refractivity contribution in [3.05, 3.63) is 65.1 Å². The number of hydrogen-bond acceptors (Lipinski definition) is 7. The monoisotopic (exact) mass is 529 g/mol. The third kappa shape index (κ3) is 3.93. The van der Waals surface area contributed by atoms with Gasteiger partial charge in [0.2, 0.25) is 23.0 Å². The fourth-order valence-corrected chi connectivity index (χ4v) is 6.26. The molecule has 2 bridgehead atoms. The second-order valence-electron chi connectivity index (χ2n) is 11.4. The number of nitrogens with zero attached hydrogens (tertiary/aromatic N) is 4. The summed E-state index contributed by atoms with van der Waals surface area (Å²) in [6.07, 6.45) is 1.20. The molecule has 0 radical (unpaired) electrons. The SMILES string of the molecule is CCCCN1[C@@H]2c3nc4cc(NC(=O)OC(C)(C)C)ccc4[n+]([O-])c3[C@H]1[C@@H]1C(=O)N(c3ccccc3)C(=O)[C@@H]12. The lowest BCUT2D eigenvalue weighted by molar-refractivity contribution is -0.589. The molecule has 2 fully saturated rings. The molecule has 39 heavy (non-hydrogen) atoms. The predicted molar refractivity (Wildman–Crippen MR) is 144 cm³/mol. The smallest absolute Gasteiger partial charge is 0.412 e. The van der Waals surface area contributed by atoms with Crippen LogP contribution < -0.4 is 14.9 Å². The Bertz CT molecular complexity index is 1500. The van der Waals surface area contributed by atoms with Gasteiger partial charge in [-0.25, -0.2) is 14.7 Å². The number of amides is 3. The maximum atomic E-state index is 13.8. The predicted octanol–water partition coefficient (Wildman–Crippen LogP) is 4.23. The van der Waals surface area contributed by atoms with Crippen LogP contribution >= 0.6 is 0 Å². The van der Waals surface area contributed by atoms with Crippen LogP contribution in [0, 0.1) is 17.0 Å². The summed E-state index contributed by atoms with van der Waals surface area (Å²) in [4.78, 5) is 48.1. The van der Waals surface area contributed by atoms with E-state index < -0.39 is 35.6 Å². The number of benzene rings is 2. The largest absolute Gasteiger partial charge is 0.618 e. The third-order valence-electron chi connectivity index (χ3n) is 7.70. The van der Waals surface area contributed by atoms with Gasteiger partial charge in [0.15, 0.2) is 0 Å². The molecule has 4 atom stereocenters. The van der Waals surface area contributed by atoms with Crippen LogP contribution in [0.15, 0.2) is 48.5 Å². The molecule has 2 saturated heterocycles. The van der Waals surface area contributed by atoms with Gasteiger partial charge in [-0.2, -0.15) is 4.73 Å². The number of carbonyl (C=O) groups is 3. The van der Waals surface area contributed by atoms with E-state index in [0.717, 1.165) is 17.6 Å². The highest BCUT2D eigenvalue weighted by atomic mass is 16.6. The van der Waals surface area contributed by atoms with E-state index in [0.29, 0.717) is 40.3 Å². The van der Waals surface area contributed by atoms with Crippen molar-refractivity contribution in [1.82, 2.24) is 9.88 Å². The minimum absolute atomic E-state index is 0.254. The third-order valence-corrected chi connectivity index (χ3v) is 7.70. The van der Waals surface area contributed by atoms with Crippen LogP contribution in [0.5, 0.6) is 0 Å². The molecule has 0 spiro atoms. The lowest BCUT2D eigenvalue weighted by atomic mass is 9.81. The van der Waals surface area contributed by atoms with Crippen molar-refractivity contribution in [3.63, 3.8) is 0 Å². The average molecular weight is 530 g/mol. The first-order chi connectivity index (χ1) is 18.6. The lowest BCUT2D eigenvalue weighted by Crippen LogP contribution is -2.41. The molecule has 1 N–H and O–H groups in total. The first kappa shape index (κ1) is 25.2. The molecular formula is C29H31N5O5. The number of nitrogens with one attached hydrogen (secondary N) is 1. The molecule has 3 aliphatic rings. The van der Waals surface area contributed by atoms with E-state index in [4.69, 9.17) is 9.72 Å². The minimum Gasteiger partial charge on any atom is -0.618 e. The van der Waals surface area contributed by atoms with Crippen LogP contribution in [0.4, 0.5) is 16.2 Å². The number of imide groups is 1. The zero-order valence-electron chi connectivity index (χ0n) is 22.4. The number of fused-ring (bicyclic) bond motifs is 9. The van der Waals surface area contributed by atoms with Gasteiger partial charge in [0.05, 0.1) is 23.6 Å². The Morgan fingerprint density at radius 1 is 1.08 bits per heavy atom. The van der Waals surface area contributed by atoms with Crippen molar-refractivity contribution >= 4 is 40.3 Å². The zero-order valence-corrected chi connectivity index (χ0v) is 22.4. The summed E-state index contributed by atoms with van der Waals surface area (Å²) in [6.45, 7) is 8.07. The summed E-state index contributed by atoms with van der Waals surface area (Å²) < 4.78 is 6.20. The van der Waals surface area contributed by atoms with E-state index in [9.17, 15) is 19.6 Å². The number of carbonyl (C=O) groups excluding carboxylic acids is 3. The number of rotatable bonds is 5. The second-order valence-corrected chi connectivity index (χ2v) is 11.4. The van der Waals surface area contributed by atoms with Gasteiger partial charge in [-0.1, -0.05) is 31.5 Å². The van der Waals surface area contributed by atoms with Gasteiger partial charge in [0.1, 0.15) is 22.9 Å². The number of unbranched alkanes of at least 4 members (excludes halogenated alkanes) is 1. The molecule has 3 amide bonds. The van der Waals surface area contributed by atoms with Gasteiger partial charge in [-0.3, -0.25) is 19.8 Å². The number of hydrogen-bond donors (Lipinski definition) is 1. The van der Waals surface area contributed by atoms with E-state index in [1.807, 2.05) is 6.07 Å². The van der Waals surface area contributed by atoms with Crippen LogP contribution in [0.25, 0.3) is 11.0 Å². The van der Waals surface area contributed by atoms with Crippen LogP contribution in [-0.4, -0.2) is 39.9 Å². The standard InChI is InChI=1S/C29H31N5O5/c1-5-6-14-32-23-20-21(27(36)33(26(20)35)17-10-8-7-9-11-17)24(32)25-22(23)31-18-15-16(12-13-19(18)34(25)38)30-28(37)39-29(2,3)4/h7-13,15,20-21,23-24H,5-6,14H2,1-4H3,(H,30,37)/t20-,21+,23-,24+/m0/s1. The average Bonchev–Trinajstić information content (AvgIpc) is 3.46. The van der Waals surface area contributed by atoms with Gasteiger partial charge in [0.25, 0.3) is 0 Å². The quantitative estimate of drug-likeness (QED) is 0.298. The highest BCUT2D eigenvalue weighted by Crippen LogP contribution is 2.61. The van der Waals surface area contributed by atoms with Gasteiger partial charge >= 0.3 is 6.09 Å². The van der Waals surface area contributed by atoms with Gasteiger partial charge < -0.3 is 9.94 Å². The minimum atomic E-state index is -0.658. The van der Waals surface area contributed by atoms with Crippen molar-refractivity contribution in [3.8, 4) is 0 Å². The molecule has 0 saturated carbocycles. The Labute approximate surface area is 226 Å². The summed E-state index contributed by atoms with van der Waals surface area (Å²) in [5.41, 5.74) is 2.02. The highest BCUT2D eigenvalue weighted by Gasteiger charge is 2.70. The Kier molecular flexibility index (Phi) is 5.83. The molecule has 0 unspecified atom stereocenters. The zero-order chi connectivity index (χ0) is 27.6. The van der Waals surface area contributed by atoms with Crippen LogP contribution in [0.1, 0.15) is 64.0 Å². The normalized spacial score (nSPS) is 23.8. The molecule has 2 aromatic carbocycles. The summed E-state index contributed by atoms with van der Waals surface area (Å²) >= 11 is 0. The summed E-state index contributed by atoms with van der Waals surface area (Å²) in [7, 11) is 0. The molecule has 10 heteroatoms. The Hall–Kier alpha value is -4.05. The van der Waals surface area contributed by atoms with Crippen molar-refractivity contribution in [2.45, 2.75) is 58.2 Å². The number of aromatic nitrogens is 2. The number of para-hydroxylation sites is 1. The lowest BCUT2D eigenvalue weighted by Gasteiger charge is -2.25. The van der Waals surface area contributed by atoms with Crippen molar-refractivity contribution in [1.29, 1.82) is 0 Å². The Morgan fingerprint density at radius 2 is 1.77 bits per heavy atom. The van der Waals surface area contributed by atoms with Gasteiger partial charge in [-0.15, -0.1) is 0 Å². The van der Waals surface area contributed by atoms with E-state index in [1.165, 1.54) is 4.90 Å². The maximum absolute atomic E-state index is 13.8. The van der Waals surface area contributed by atoms with Crippen LogP contribution in [0.3, 0.4) is 0 Å². The van der Waals surface area contributed by atoms with Gasteiger partial charge in [0, 0.05) is 11.8 Å². The van der Waals surface area contributed by atoms with Crippen molar-refractivity contribution in [2.24, 2.45) is 11.8 Å². The molecule has 1 aromatic heterocycles. The fraction of sp³-hybridized carbons (Fsp3) is 0.414. The summed E-state index contributed by atoms with van der Waals surface area (Å²) in [6, 6.07) is 12.8. The topological polar surface area (TPSA) is 119 Å². The Balaban J connectivity index is 1.42. The Morgan fingerprint density at radius 3 is 2.44 bits per heavy atom. The molecule has 0 aliphatic carbocycles. The van der Waals surface area contributed by atoms with Crippen LogP contribution in [0.2, 0.25) is 0 Å². The first-order valence-corrected chi connectivity index (χ1v) is 13.4. The fourth-order valence-electron chi connectivity index (χ4n) is 6.26. The van der Waals surface area contributed by atoms with Crippen molar-refractivity contribution in [2.75, 3.05) is 16.8 Å². The van der Waals surface area contributed by atoms with Crippen molar-refractivity contribution < 1.29 is 23.9 Å². The van der Waals surface area contributed by atoms with E-state index in [-0.39, 0.29) is 11.8 Å². The van der Waals surface area contributed by atoms with E-state index in [1.54, 1.807) is 63.2 Å². The molecule has 10 nitrogen and oxygen atoms in total. The maximum Gasteiger partial charge on any atom is 0.412 e. The summed E-state index contributed by atoms with van der Waals surface area (Å²) in [5, 5.41) is 16.5. The van der Waals surface area contributed by atoms with E-state index >= 15 is 0 Å². The van der Waals surface area contributed by atoms with Gasteiger partial charge in [-0.05, 0) is 58.0 Å². The second kappa shape index (κ2) is 9.01. The number of ether oxygens (including phenoxy) is 1. The molecule has 202 valence electrons. The highest BCUT2D eigenvalue weighted by molar-refractivity contribution is 6.23. The summed E-state index contributed by atoms with van der Waals surface area (Å²) in [5.74, 6) is -1.77. The molecule has 3 aromatic rings. The first-order valence-electron chi connectivity index (χ1n) is 13.4. The molecule has 3 aliphatic heterocycles. The van der Waals surface area contributed by atoms with Crippen LogP contribution in [-0.2, 0) is 14.3 Å². The molecular weight excluding hydrogens is 498 g/mol.